The van der Waals surface area contributed by atoms with E-state index in [0.717, 1.165) is 5.56 Å². The quantitative estimate of drug-likeness (QED) is 0.784. The van der Waals surface area contributed by atoms with Crippen LogP contribution in [0.5, 0.6) is 0 Å². The van der Waals surface area contributed by atoms with Crippen molar-refractivity contribution < 1.29 is 18.7 Å². The minimum Gasteiger partial charge on any atom is -0.469 e. The number of rotatable bonds is 6. The van der Waals surface area contributed by atoms with Crippen LogP contribution in [0, 0.1) is 11.7 Å². The number of ether oxygens (including phenoxy) is 1. The number of nitrogens with one attached hydrogen (secondary N) is 2. The van der Waals surface area contributed by atoms with Crippen LogP contribution in [0.2, 0.25) is 0 Å². The molecule has 122 valence electrons. The van der Waals surface area contributed by atoms with E-state index < -0.39 is 17.9 Å². The first kappa shape index (κ1) is 16.8. The average molecular weight is 338 g/mol. The van der Waals surface area contributed by atoms with Crippen molar-refractivity contribution in [2.24, 2.45) is 5.92 Å². The molecule has 2 rings (SSSR count). The molecule has 0 aliphatic carbocycles. The second-order valence-electron chi connectivity index (χ2n) is 4.63. The smallest absolute Gasteiger partial charge is 0.321 e. The normalized spacial score (nSPS) is 11.6. The molecule has 23 heavy (non-hydrogen) atoms. The van der Waals surface area contributed by atoms with E-state index in [1.165, 1.54) is 36.1 Å². The third-order valence-corrected chi connectivity index (χ3v) is 3.63. The maximum atomic E-state index is 12.9. The number of halogens is 1. The lowest BCUT2D eigenvalue weighted by Crippen LogP contribution is -2.37. The topological polar surface area (TPSA) is 93.2 Å². The zero-order chi connectivity index (χ0) is 16.7. The third-order valence-electron chi connectivity index (χ3n) is 3.02. The number of carbonyl (C=O) groups excluding carboxylic acids is 2. The summed E-state index contributed by atoms with van der Waals surface area (Å²) < 4.78 is 17.7. The monoisotopic (exact) mass is 338 g/mol. The number of methoxy groups -OCH3 is 1. The molecule has 0 saturated carbocycles. The molecular weight excluding hydrogens is 323 g/mol. The summed E-state index contributed by atoms with van der Waals surface area (Å²) in [4.78, 5) is 23.6. The molecule has 9 heteroatoms. The molecule has 7 nitrogen and oxygen atoms in total. The Morgan fingerprint density at radius 2 is 2.09 bits per heavy atom. The van der Waals surface area contributed by atoms with Gasteiger partial charge >= 0.3 is 12.0 Å². The highest BCUT2D eigenvalue weighted by Gasteiger charge is 2.21. The number of hydrogen-bond acceptors (Lipinski definition) is 6. The maximum absolute atomic E-state index is 12.9. The average Bonchev–Trinajstić information content (AvgIpc) is 3.05. The predicted octanol–water partition coefficient (Wildman–Crippen LogP) is 1.83. The predicted molar refractivity (Wildman–Crippen MR) is 82.5 cm³/mol. The van der Waals surface area contributed by atoms with Crippen molar-refractivity contribution in [3.63, 3.8) is 0 Å². The van der Waals surface area contributed by atoms with E-state index in [4.69, 9.17) is 4.74 Å². The van der Waals surface area contributed by atoms with Crippen LogP contribution in [0.4, 0.5) is 14.3 Å². The van der Waals surface area contributed by atoms with Gasteiger partial charge in [-0.05, 0) is 24.1 Å². The van der Waals surface area contributed by atoms with Crippen molar-refractivity contribution in [1.82, 2.24) is 15.5 Å². The van der Waals surface area contributed by atoms with Crippen molar-refractivity contribution in [2.75, 3.05) is 19.0 Å². The number of aromatic nitrogens is 2. The summed E-state index contributed by atoms with van der Waals surface area (Å²) in [6.45, 7) is 0.0781. The Labute approximate surface area is 135 Å². The van der Waals surface area contributed by atoms with Gasteiger partial charge in [-0.25, -0.2) is 9.18 Å². The van der Waals surface area contributed by atoms with Crippen LogP contribution in [0.15, 0.2) is 29.8 Å². The molecule has 0 saturated heterocycles. The Hall–Kier alpha value is -2.55. The lowest BCUT2D eigenvalue weighted by atomic mass is 9.99. The van der Waals surface area contributed by atoms with Gasteiger partial charge in [-0.2, -0.15) is 0 Å². The van der Waals surface area contributed by atoms with E-state index in [-0.39, 0.29) is 12.4 Å². The molecule has 0 radical (unpaired) electrons. The first-order valence-corrected chi connectivity index (χ1v) is 7.59. The number of benzene rings is 1. The summed E-state index contributed by atoms with van der Waals surface area (Å²) in [6.07, 6.45) is 0.325. The van der Waals surface area contributed by atoms with Crippen molar-refractivity contribution in [3.8, 4) is 0 Å². The van der Waals surface area contributed by atoms with Gasteiger partial charge in [0.15, 0.2) is 0 Å². The van der Waals surface area contributed by atoms with Crippen LogP contribution >= 0.6 is 11.3 Å². The molecule has 1 aromatic heterocycles. The van der Waals surface area contributed by atoms with E-state index in [9.17, 15) is 14.0 Å². The van der Waals surface area contributed by atoms with Gasteiger partial charge in [-0.15, -0.1) is 10.2 Å². The number of amides is 2. The fourth-order valence-corrected chi connectivity index (χ4v) is 2.34. The number of esters is 1. The molecule has 0 spiro atoms. The van der Waals surface area contributed by atoms with Crippen LogP contribution in [0.1, 0.15) is 5.56 Å². The Morgan fingerprint density at radius 1 is 1.35 bits per heavy atom. The van der Waals surface area contributed by atoms with Gasteiger partial charge in [0.25, 0.3) is 0 Å². The summed E-state index contributed by atoms with van der Waals surface area (Å²) in [7, 11) is 1.28. The molecule has 0 bridgehead atoms. The summed E-state index contributed by atoms with van der Waals surface area (Å²) >= 11 is 1.18. The Balaban J connectivity index is 1.91. The minimum atomic E-state index is -0.578. The van der Waals surface area contributed by atoms with E-state index in [2.05, 4.69) is 20.8 Å². The Bertz CT molecular complexity index is 649. The lowest BCUT2D eigenvalue weighted by molar-refractivity contribution is -0.145. The molecular formula is C14H15FN4O3S. The van der Waals surface area contributed by atoms with Gasteiger partial charge < -0.3 is 10.1 Å². The zero-order valence-electron chi connectivity index (χ0n) is 12.3. The molecule has 2 aromatic rings. The Morgan fingerprint density at radius 3 is 2.70 bits per heavy atom. The van der Waals surface area contributed by atoms with Crippen LogP contribution in [-0.4, -0.2) is 35.9 Å². The number of anilines is 1. The van der Waals surface area contributed by atoms with Crippen molar-refractivity contribution in [2.45, 2.75) is 6.42 Å². The fourth-order valence-electron chi connectivity index (χ4n) is 1.90. The summed E-state index contributed by atoms with van der Waals surface area (Å²) in [6, 6.07) is 5.33. The van der Waals surface area contributed by atoms with Gasteiger partial charge in [-0.1, -0.05) is 23.5 Å². The standard InChI is InChI=1S/C14H15FN4O3S/c1-22-12(20)10(6-9-2-4-11(15)5-3-9)7-16-13(21)18-14-19-17-8-23-14/h2-5,8,10H,6-7H2,1H3,(H2,16,18,19,21)/t10-/m0/s1. The molecule has 0 fully saturated rings. The molecule has 0 unspecified atom stereocenters. The maximum Gasteiger partial charge on any atom is 0.321 e. The van der Waals surface area contributed by atoms with Crippen LogP contribution in [0.3, 0.4) is 0 Å². The second-order valence-corrected chi connectivity index (χ2v) is 5.46. The number of carbonyl (C=O) groups is 2. The number of nitrogens with zero attached hydrogens (tertiary/aromatic N) is 2. The van der Waals surface area contributed by atoms with Gasteiger partial charge in [-0.3, -0.25) is 10.1 Å². The van der Waals surface area contributed by atoms with Crippen molar-refractivity contribution >= 4 is 28.5 Å². The Kier molecular flexibility index (Phi) is 5.98. The van der Waals surface area contributed by atoms with Crippen LogP contribution < -0.4 is 10.6 Å². The molecule has 1 atom stereocenters. The molecule has 1 aromatic carbocycles. The summed E-state index contributed by atoms with van der Waals surface area (Å²) in [5.41, 5.74) is 2.26. The first-order valence-electron chi connectivity index (χ1n) is 6.71. The summed E-state index contributed by atoms with van der Waals surface area (Å²) in [5, 5.41) is 12.7. The minimum absolute atomic E-state index is 0.0781. The molecule has 0 aliphatic heterocycles. The third kappa shape index (κ3) is 5.29. The van der Waals surface area contributed by atoms with Crippen LogP contribution in [0.25, 0.3) is 0 Å². The van der Waals surface area contributed by atoms with E-state index >= 15 is 0 Å². The van der Waals surface area contributed by atoms with Crippen molar-refractivity contribution in [3.05, 3.63) is 41.2 Å². The van der Waals surface area contributed by atoms with Gasteiger partial charge in [0.05, 0.1) is 13.0 Å². The largest absolute Gasteiger partial charge is 0.469 e. The summed E-state index contributed by atoms with van der Waals surface area (Å²) in [5.74, 6) is -1.38. The van der Waals surface area contributed by atoms with Gasteiger partial charge in [0.1, 0.15) is 11.3 Å². The molecule has 2 amide bonds. The van der Waals surface area contributed by atoms with E-state index in [1.54, 1.807) is 12.1 Å². The fraction of sp³-hybridized carbons (Fsp3) is 0.286. The zero-order valence-corrected chi connectivity index (χ0v) is 13.1. The van der Waals surface area contributed by atoms with Crippen molar-refractivity contribution in [1.29, 1.82) is 0 Å². The van der Waals surface area contributed by atoms with Gasteiger partial charge in [0, 0.05) is 6.54 Å². The van der Waals surface area contributed by atoms with Crippen LogP contribution in [-0.2, 0) is 16.0 Å². The van der Waals surface area contributed by atoms with E-state index in [0.29, 0.717) is 11.6 Å². The highest BCUT2D eigenvalue weighted by molar-refractivity contribution is 7.13. The first-order chi connectivity index (χ1) is 11.1. The molecule has 1 heterocycles. The highest BCUT2D eigenvalue weighted by atomic mass is 32.1. The molecule has 0 aliphatic rings. The number of hydrogen-bond donors (Lipinski definition) is 2. The highest BCUT2D eigenvalue weighted by Crippen LogP contribution is 2.12. The lowest BCUT2D eigenvalue weighted by Gasteiger charge is -2.15. The second kappa shape index (κ2) is 8.18. The number of urea groups is 1. The SMILES string of the molecule is COC(=O)[C@H](CNC(=O)Nc1nncs1)Cc1ccc(F)cc1. The van der Waals surface area contributed by atoms with Gasteiger partial charge in [0.2, 0.25) is 5.13 Å². The van der Waals surface area contributed by atoms with E-state index in [1.807, 2.05) is 0 Å². The molecule has 2 N–H and O–H groups in total.